The normalized spacial score (nSPS) is 15.8. The lowest BCUT2D eigenvalue weighted by atomic mass is 10.0. The number of fused-ring (bicyclic) bond motifs is 1. The summed E-state index contributed by atoms with van der Waals surface area (Å²) < 4.78 is 17.4. The summed E-state index contributed by atoms with van der Waals surface area (Å²) in [4.78, 5) is 51.8. The van der Waals surface area contributed by atoms with E-state index in [1.54, 1.807) is 13.0 Å². The number of aromatic nitrogens is 4. The molecular weight excluding hydrogens is 567 g/mol. The second-order valence-electron chi connectivity index (χ2n) is 10.5. The van der Waals surface area contributed by atoms with Crippen LogP contribution in [0.2, 0.25) is 5.02 Å². The molecule has 3 aromatic heterocycles. The van der Waals surface area contributed by atoms with Gasteiger partial charge < -0.3 is 30.5 Å². The minimum atomic E-state index is -1.09. The average Bonchev–Trinajstić information content (AvgIpc) is 3.27. The Kier molecular flexibility index (Phi) is 7.64. The number of amides is 2. The highest BCUT2D eigenvalue weighted by atomic mass is 35.5. The Bertz CT molecular complexity index is 1800. The van der Waals surface area contributed by atoms with Crippen molar-refractivity contribution in [3.05, 3.63) is 63.2 Å². The van der Waals surface area contributed by atoms with Crippen molar-refractivity contribution in [1.29, 1.82) is 0 Å². The number of hydrogen-bond donors (Lipinski definition) is 3. The summed E-state index contributed by atoms with van der Waals surface area (Å²) in [6, 6.07) is 4.11. The maximum atomic E-state index is 14.6. The van der Waals surface area contributed by atoms with Crippen molar-refractivity contribution < 1.29 is 19.1 Å². The fraction of sp³-hybridized carbons (Fsp3) is 0.321. The lowest BCUT2D eigenvalue weighted by Crippen LogP contribution is -2.50. The van der Waals surface area contributed by atoms with Gasteiger partial charge in [-0.1, -0.05) is 11.6 Å². The standard InChI is InChI=1S/C28H30ClFN8O4/c1-14-11-35(3)5-6-38(14)22-9-21(19(29)10-32-22)34-23(39)13-37-12-18(24-27(37)33-15(2)36(4)28(24)42)16-7-17(26(31)41)25(40)20(30)8-16/h7-10,12,14,40H,5-6,11,13H2,1-4H3,(H2,31,41)(H,32,34,39)/t14-/m0/s1. The first-order chi connectivity index (χ1) is 19.8. The fourth-order valence-electron chi connectivity index (χ4n) is 5.21. The highest BCUT2D eigenvalue weighted by molar-refractivity contribution is 6.33. The smallest absolute Gasteiger partial charge is 0.263 e. The number of pyridine rings is 1. The minimum Gasteiger partial charge on any atom is -0.504 e. The number of aryl methyl sites for hydroxylation is 1. The van der Waals surface area contributed by atoms with E-state index in [0.29, 0.717) is 17.3 Å². The Morgan fingerprint density at radius 1 is 1.24 bits per heavy atom. The SMILES string of the molecule is Cc1nc2c(c(-c3cc(F)c(O)c(C(N)=O)c3)cn2CC(=O)Nc2cc(N3CCN(C)C[C@@H]3C)ncc2Cl)c(=O)n1C. The van der Waals surface area contributed by atoms with Gasteiger partial charge in [-0.15, -0.1) is 0 Å². The van der Waals surface area contributed by atoms with E-state index in [1.165, 1.54) is 34.6 Å². The van der Waals surface area contributed by atoms with Gasteiger partial charge in [0.25, 0.3) is 11.5 Å². The first-order valence-electron chi connectivity index (χ1n) is 13.2. The number of carbonyl (C=O) groups excluding carboxylic acids is 2. The molecule has 1 aromatic carbocycles. The van der Waals surface area contributed by atoms with E-state index < -0.39 is 34.5 Å². The molecule has 0 aliphatic carbocycles. The third kappa shape index (κ3) is 5.28. The Balaban J connectivity index is 1.52. The highest BCUT2D eigenvalue weighted by Gasteiger charge is 2.25. The number of phenols is 1. The summed E-state index contributed by atoms with van der Waals surface area (Å²) in [7, 11) is 3.60. The van der Waals surface area contributed by atoms with Gasteiger partial charge in [-0.25, -0.2) is 14.4 Å². The van der Waals surface area contributed by atoms with Crippen LogP contribution in [0.3, 0.4) is 0 Å². The molecule has 4 heterocycles. The van der Waals surface area contributed by atoms with Gasteiger partial charge >= 0.3 is 0 Å². The number of nitrogens with one attached hydrogen (secondary N) is 1. The predicted molar refractivity (Wildman–Crippen MR) is 157 cm³/mol. The van der Waals surface area contributed by atoms with E-state index in [0.717, 1.165) is 25.7 Å². The molecule has 42 heavy (non-hydrogen) atoms. The molecule has 1 atom stereocenters. The molecule has 2 amide bonds. The van der Waals surface area contributed by atoms with Crippen molar-refractivity contribution in [2.24, 2.45) is 12.8 Å². The summed E-state index contributed by atoms with van der Waals surface area (Å²) in [6.07, 6.45) is 2.96. The third-order valence-electron chi connectivity index (χ3n) is 7.52. The Morgan fingerprint density at radius 3 is 2.67 bits per heavy atom. The lowest BCUT2D eigenvalue weighted by molar-refractivity contribution is -0.116. The summed E-state index contributed by atoms with van der Waals surface area (Å²) >= 11 is 6.39. The number of piperazine rings is 1. The van der Waals surface area contributed by atoms with Crippen LogP contribution in [-0.2, 0) is 18.4 Å². The first kappa shape index (κ1) is 29.0. The topological polar surface area (TPSA) is 152 Å². The van der Waals surface area contributed by atoms with Crippen LogP contribution >= 0.6 is 11.6 Å². The van der Waals surface area contributed by atoms with Crippen molar-refractivity contribution in [3.8, 4) is 16.9 Å². The fourth-order valence-corrected chi connectivity index (χ4v) is 5.36. The van der Waals surface area contributed by atoms with Crippen LogP contribution < -0.4 is 21.5 Å². The summed E-state index contributed by atoms with van der Waals surface area (Å²) in [6.45, 7) is 5.99. The zero-order valence-corrected chi connectivity index (χ0v) is 24.2. The van der Waals surface area contributed by atoms with Crippen molar-refractivity contribution in [2.75, 3.05) is 36.9 Å². The summed E-state index contributed by atoms with van der Waals surface area (Å²) in [5.41, 5.74) is 5.31. The predicted octanol–water partition coefficient (Wildman–Crippen LogP) is 2.48. The molecule has 220 valence electrons. The average molecular weight is 597 g/mol. The Hall–Kier alpha value is -4.49. The number of benzene rings is 1. The molecule has 0 bridgehead atoms. The van der Waals surface area contributed by atoms with Crippen LogP contribution in [-0.4, -0.2) is 73.6 Å². The number of likely N-dealkylation sites (N-methyl/N-ethyl adjacent to an activating group) is 1. The van der Waals surface area contributed by atoms with Gasteiger partial charge in [0.15, 0.2) is 11.6 Å². The minimum absolute atomic E-state index is 0.102. The van der Waals surface area contributed by atoms with E-state index in [4.69, 9.17) is 17.3 Å². The summed E-state index contributed by atoms with van der Waals surface area (Å²) in [5, 5.41) is 13.2. The van der Waals surface area contributed by atoms with Gasteiger partial charge in [0.05, 0.1) is 27.9 Å². The molecule has 4 aromatic rings. The molecule has 12 nitrogen and oxygen atoms in total. The third-order valence-corrected chi connectivity index (χ3v) is 7.82. The van der Waals surface area contributed by atoms with E-state index in [2.05, 4.69) is 39.1 Å². The molecule has 0 radical (unpaired) electrons. The quantitative estimate of drug-likeness (QED) is 0.307. The molecule has 1 fully saturated rings. The van der Waals surface area contributed by atoms with E-state index in [-0.39, 0.29) is 39.8 Å². The highest BCUT2D eigenvalue weighted by Crippen LogP contribution is 2.33. The van der Waals surface area contributed by atoms with Crippen molar-refractivity contribution in [1.82, 2.24) is 24.0 Å². The molecule has 0 saturated carbocycles. The lowest BCUT2D eigenvalue weighted by Gasteiger charge is -2.39. The largest absolute Gasteiger partial charge is 0.504 e. The van der Waals surface area contributed by atoms with Crippen LogP contribution in [0.1, 0.15) is 23.1 Å². The molecule has 0 spiro atoms. The van der Waals surface area contributed by atoms with Crippen LogP contribution in [0.15, 0.2) is 35.4 Å². The van der Waals surface area contributed by atoms with E-state index >= 15 is 0 Å². The van der Waals surface area contributed by atoms with Gasteiger partial charge in [0.1, 0.15) is 23.8 Å². The van der Waals surface area contributed by atoms with Gasteiger partial charge in [-0.2, -0.15) is 0 Å². The molecule has 1 aliphatic heterocycles. The number of anilines is 2. The number of rotatable bonds is 6. The Morgan fingerprint density at radius 2 is 1.98 bits per heavy atom. The molecule has 1 aliphatic rings. The van der Waals surface area contributed by atoms with Crippen molar-refractivity contribution >= 4 is 46.0 Å². The molecule has 0 unspecified atom stereocenters. The number of nitrogens with zero attached hydrogens (tertiary/aromatic N) is 6. The number of carbonyl (C=O) groups is 2. The molecule has 1 saturated heterocycles. The van der Waals surface area contributed by atoms with Crippen LogP contribution in [0.4, 0.5) is 15.9 Å². The number of primary amides is 1. The van der Waals surface area contributed by atoms with Crippen LogP contribution in [0.5, 0.6) is 5.75 Å². The zero-order chi connectivity index (χ0) is 30.5. The van der Waals surface area contributed by atoms with E-state index in [1.807, 2.05) is 0 Å². The maximum Gasteiger partial charge on any atom is 0.263 e. The molecular formula is C28H30ClFN8O4. The number of halogens is 2. The van der Waals surface area contributed by atoms with Crippen LogP contribution in [0, 0.1) is 12.7 Å². The van der Waals surface area contributed by atoms with Gasteiger partial charge in [-0.3, -0.25) is 19.0 Å². The van der Waals surface area contributed by atoms with Crippen molar-refractivity contribution in [2.45, 2.75) is 26.4 Å². The second kappa shape index (κ2) is 11.1. The van der Waals surface area contributed by atoms with Gasteiger partial charge in [0.2, 0.25) is 5.91 Å². The van der Waals surface area contributed by atoms with Crippen molar-refractivity contribution in [3.63, 3.8) is 0 Å². The van der Waals surface area contributed by atoms with E-state index in [9.17, 15) is 23.9 Å². The maximum absolute atomic E-state index is 14.6. The zero-order valence-electron chi connectivity index (χ0n) is 23.5. The molecule has 4 N–H and O–H groups in total. The first-order valence-corrected chi connectivity index (χ1v) is 13.5. The molecule has 5 rings (SSSR count). The van der Waals surface area contributed by atoms with Gasteiger partial charge in [0, 0.05) is 50.6 Å². The monoisotopic (exact) mass is 596 g/mol. The van der Waals surface area contributed by atoms with Crippen LogP contribution in [0.25, 0.3) is 22.2 Å². The Labute approximate surface area is 245 Å². The number of aromatic hydroxyl groups is 1. The van der Waals surface area contributed by atoms with Gasteiger partial charge in [-0.05, 0) is 38.6 Å². The number of hydrogen-bond acceptors (Lipinski definition) is 8. The second-order valence-corrected chi connectivity index (χ2v) is 10.9. The number of nitrogens with two attached hydrogens (primary N) is 1. The summed E-state index contributed by atoms with van der Waals surface area (Å²) in [5.74, 6) is -2.41. The molecule has 14 heteroatoms.